The van der Waals surface area contributed by atoms with Crippen molar-refractivity contribution in [1.82, 2.24) is 5.32 Å². The molecule has 1 aliphatic heterocycles. The summed E-state index contributed by atoms with van der Waals surface area (Å²) in [4.78, 5) is 13.9. The third kappa shape index (κ3) is 2.96. The molecule has 0 spiro atoms. The standard InChI is InChI=1S/C13H20N4O3S/c1-13(12(18)16-2)5-6-17(8-13)11-4-3-9(7-10(11)14)21(15,19)20/h3-4,7H,5-6,8,14H2,1-2H3,(H,16,18)(H2,15,19,20). The Bertz CT molecular complexity index is 674. The zero-order valence-electron chi connectivity index (χ0n) is 12.1. The predicted molar refractivity (Wildman–Crippen MR) is 81.2 cm³/mol. The minimum Gasteiger partial charge on any atom is -0.397 e. The van der Waals surface area contributed by atoms with Crippen molar-refractivity contribution in [1.29, 1.82) is 0 Å². The molecule has 1 unspecified atom stereocenters. The molecule has 21 heavy (non-hydrogen) atoms. The number of hydrogen-bond acceptors (Lipinski definition) is 5. The molecule has 1 fully saturated rings. The van der Waals surface area contributed by atoms with Gasteiger partial charge in [-0.15, -0.1) is 0 Å². The number of nitrogens with zero attached hydrogens (tertiary/aromatic N) is 1. The van der Waals surface area contributed by atoms with Crippen LogP contribution in [0.2, 0.25) is 0 Å². The van der Waals surface area contributed by atoms with E-state index in [0.29, 0.717) is 25.2 Å². The number of sulfonamides is 1. The number of amides is 1. The van der Waals surface area contributed by atoms with Crippen LogP contribution in [0.4, 0.5) is 11.4 Å². The number of hydrogen-bond donors (Lipinski definition) is 3. The third-order valence-corrected chi connectivity index (χ3v) is 4.83. The van der Waals surface area contributed by atoms with Gasteiger partial charge in [0.25, 0.3) is 0 Å². The first kappa shape index (κ1) is 15.6. The Balaban J connectivity index is 2.27. The van der Waals surface area contributed by atoms with Crippen LogP contribution in [0.15, 0.2) is 23.1 Å². The Hall–Kier alpha value is -1.80. The second-order valence-electron chi connectivity index (χ2n) is 5.58. The van der Waals surface area contributed by atoms with E-state index in [0.717, 1.165) is 5.69 Å². The summed E-state index contributed by atoms with van der Waals surface area (Å²) in [6.07, 6.45) is 0.711. The Kier molecular flexibility index (Phi) is 3.85. The van der Waals surface area contributed by atoms with E-state index in [1.807, 2.05) is 11.8 Å². The summed E-state index contributed by atoms with van der Waals surface area (Å²) in [7, 11) is -2.15. The van der Waals surface area contributed by atoms with Crippen LogP contribution in [0.25, 0.3) is 0 Å². The van der Waals surface area contributed by atoms with Crippen LogP contribution >= 0.6 is 0 Å². The maximum atomic E-state index is 11.9. The lowest BCUT2D eigenvalue weighted by Crippen LogP contribution is -2.39. The van der Waals surface area contributed by atoms with Gasteiger partial charge < -0.3 is 16.0 Å². The molecule has 7 nitrogen and oxygen atoms in total. The summed E-state index contributed by atoms with van der Waals surface area (Å²) in [6, 6.07) is 4.40. The van der Waals surface area contributed by atoms with E-state index in [9.17, 15) is 13.2 Å². The van der Waals surface area contributed by atoms with Crippen molar-refractivity contribution in [2.75, 3.05) is 30.8 Å². The molecule has 1 amide bonds. The maximum Gasteiger partial charge on any atom is 0.238 e. The van der Waals surface area contributed by atoms with Crippen molar-refractivity contribution in [3.8, 4) is 0 Å². The van der Waals surface area contributed by atoms with Gasteiger partial charge in [0.2, 0.25) is 15.9 Å². The fraction of sp³-hybridized carbons (Fsp3) is 0.462. The quantitative estimate of drug-likeness (QED) is 0.672. The minimum absolute atomic E-state index is 0.00951. The number of benzene rings is 1. The molecule has 1 aromatic rings. The molecule has 1 saturated heterocycles. The van der Waals surface area contributed by atoms with Gasteiger partial charge in [0.1, 0.15) is 0 Å². The Labute approximate surface area is 124 Å². The summed E-state index contributed by atoms with van der Waals surface area (Å²) in [6.45, 7) is 3.12. The molecule has 116 valence electrons. The maximum absolute atomic E-state index is 11.9. The largest absolute Gasteiger partial charge is 0.397 e. The number of primary sulfonamides is 1. The van der Waals surface area contributed by atoms with Gasteiger partial charge in [0, 0.05) is 20.1 Å². The Morgan fingerprint density at radius 3 is 2.62 bits per heavy atom. The molecule has 0 bridgehead atoms. The smallest absolute Gasteiger partial charge is 0.238 e. The van der Waals surface area contributed by atoms with Crippen molar-refractivity contribution in [2.45, 2.75) is 18.2 Å². The highest BCUT2D eigenvalue weighted by Gasteiger charge is 2.40. The van der Waals surface area contributed by atoms with Gasteiger partial charge in [-0.1, -0.05) is 0 Å². The molecule has 0 saturated carbocycles. The first-order chi connectivity index (χ1) is 9.67. The lowest BCUT2D eigenvalue weighted by Gasteiger charge is -2.25. The molecule has 0 aromatic heterocycles. The second kappa shape index (κ2) is 5.19. The summed E-state index contributed by atoms with van der Waals surface area (Å²) >= 11 is 0. The van der Waals surface area contributed by atoms with Crippen molar-refractivity contribution < 1.29 is 13.2 Å². The van der Waals surface area contributed by atoms with E-state index >= 15 is 0 Å². The summed E-state index contributed by atoms with van der Waals surface area (Å²) in [5.74, 6) is -0.00951. The van der Waals surface area contributed by atoms with Crippen LogP contribution in [0.3, 0.4) is 0 Å². The normalized spacial score (nSPS) is 22.3. The van der Waals surface area contributed by atoms with E-state index in [1.54, 1.807) is 13.1 Å². The van der Waals surface area contributed by atoms with Gasteiger partial charge in [-0.2, -0.15) is 0 Å². The summed E-state index contributed by atoms with van der Waals surface area (Å²) in [5, 5.41) is 7.75. The average Bonchev–Trinajstić information content (AvgIpc) is 2.80. The van der Waals surface area contributed by atoms with Crippen molar-refractivity contribution >= 4 is 27.3 Å². The van der Waals surface area contributed by atoms with Gasteiger partial charge in [0.05, 0.1) is 21.7 Å². The molecule has 8 heteroatoms. The molecule has 1 atom stereocenters. The van der Waals surface area contributed by atoms with Crippen LogP contribution in [0, 0.1) is 5.41 Å². The number of anilines is 2. The highest BCUT2D eigenvalue weighted by Crippen LogP contribution is 2.36. The SMILES string of the molecule is CNC(=O)C1(C)CCN(c2ccc(S(N)(=O)=O)cc2N)C1. The molecule has 0 aliphatic carbocycles. The molecular formula is C13H20N4O3S. The highest BCUT2D eigenvalue weighted by atomic mass is 32.2. The van der Waals surface area contributed by atoms with E-state index in [-0.39, 0.29) is 10.8 Å². The minimum atomic E-state index is -3.77. The fourth-order valence-corrected chi connectivity index (χ4v) is 3.20. The second-order valence-corrected chi connectivity index (χ2v) is 7.14. The number of nitrogen functional groups attached to an aromatic ring is 1. The van der Waals surface area contributed by atoms with Crippen LogP contribution < -0.4 is 21.1 Å². The van der Waals surface area contributed by atoms with Gasteiger partial charge in [-0.25, -0.2) is 13.6 Å². The average molecular weight is 312 g/mol. The number of carbonyl (C=O) groups excluding carboxylic acids is 1. The zero-order valence-corrected chi connectivity index (χ0v) is 12.9. The highest BCUT2D eigenvalue weighted by molar-refractivity contribution is 7.89. The monoisotopic (exact) mass is 312 g/mol. The first-order valence-corrected chi connectivity index (χ1v) is 8.11. The molecule has 1 heterocycles. The third-order valence-electron chi connectivity index (χ3n) is 3.92. The molecule has 0 radical (unpaired) electrons. The van der Waals surface area contributed by atoms with Gasteiger partial charge in [-0.3, -0.25) is 4.79 Å². The first-order valence-electron chi connectivity index (χ1n) is 6.57. The van der Waals surface area contributed by atoms with Gasteiger partial charge >= 0.3 is 0 Å². The Morgan fingerprint density at radius 2 is 2.10 bits per heavy atom. The lowest BCUT2D eigenvalue weighted by atomic mass is 9.89. The van der Waals surface area contributed by atoms with E-state index in [1.165, 1.54) is 12.1 Å². The van der Waals surface area contributed by atoms with Crippen molar-refractivity contribution in [3.63, 3.8) is 0 Å². The number of nitrogens with two attached hydrogens (primary N) is 2. The van der Waals surface area contributed by atoms with Crippen LogP contribution in [-0.2, 0) is 14.8 Å². The summed E-state index contributed by atoms with van der Waals surface area (Å²) < 4.78 is 22.6. The lowest BCUT2D eigenvalue weighted by molar-refractivity contribution is -0.128. The molecule has 2 rings (SSSR count). The predicted octanol–water partition coefficient (Wildman–Crippen LogP) is -0.121. The molecule has 5 N–H and O–H groups in total. The number of rotatable bonds is 3. The number of carbonyl (C=O) groups is 1. The van der Waals surface area contributed by atoms with Crippen molar-refractivity contribution in [2.24, 2.45) is 10.6 Å². The van der Waals surface area contributed by atoms with Gasteiger partial charge in [0.15, 0.2) is 0 Å². The Morgan fingerprint density at radius 1 is 1.43 bits per heavy atom. The van der Waals surface area contributed by atoms with E-state index in [4.69, 9.17) is 10.9 Å². The van der Waals surface area contributed by atoms with Crippen LogP contribution in [-0.4, -0.2) is 34.5 Å². The van der Waals surface area contributed by atoms with Crippen LogP contribution in [0.1, 0.15) is 13.3 Å². The van der Waals surface area contributed by atoms with Crippen LogP contribution in [0.5, 0.6) is 0 Å². The molecule has 1 aliphatic rings. The van der Waals surface area contributed by atoms with E-state index < -0.39 is 15.4 Å². The zero-order chi connectivity index (χ0) is 15.8. The van der Waals surface area contributed by atoms with E-state index in [2.05, 4.69) is 5.32 Å². The summed E-state index contributed by atoms with van der Waals surface area (Å²) in [5.41, 5.74) is 6.51. The van der Waals surface area contributed by atoms with Crippen molar-refractivity contribution in [3.05, 3.63) is 18.2 Å². The molecular weight excluding hydrogens is 292 g/mol. The number of nitrogens with one attached hydrogen (secondary N) is 1. The van der Waals surface area contributed by atoms with Gasteiger partial charge in [-0.05, 0) is 31.5 Å². The topological polar surface area (TPSA) is 119 Å². The molecule has 1 aromatic carbocycles. The fourth-order valence-electron chi connectivity index (χ4n) is 2.65.